The molecule has 3 heteroatoms. The minimum Gasteiger partial charge on any atom is -0.305 e. The number of rotatable bonds is 3. The SMILES string of the molecule is CC1(NCc2nc3ccccc3s2)CC1. The maximum Gasteiger partial charge on any atom is 0.108 e. The van der Waals surface area contributed by atoms with Crippen molar-refractivity contribution in [2.24, 2.45) is 0 Å². The fourth-order valence-corrected chi connectivity index (χ4v) is 2.56. The highest BCUT2D eigenvalue weighted by molar-refractivity contribution is 7.18. The van der Waals surface area contributed by atoms with Gasteiger partial charge in [0.25, 0.3) is 0 Å². The summed E-state index contributed by atoms with van der Waals surface area (Å²) >= 11 is 1.79. The van der Waals surface area contributed by atoms with Crippen LogP contribution in [-0.2, 0) is 6.54 Å². The molecule has 1 saturated carbocycles. The molecule has 1 fully saturated rings. The van der Waals surface area contributed by atoms with Crippen molar-refractivity contribution in [3.8, 4) is 0 Å². The molecule has 1 aliphatic rings. The van der Waals surface area contributed by atoms with Crippen LogP contribution in [0.15, 0.2) is 24.3 Å². The Hall–Kier alpha value is -0.930. The van der Waals surface area contributed by atoms with Gasteiger partial charge in [0.05, 0.1) is 10.2 Å². The summed E-state index contributed by atoms with van der Waals surface area (Å²) in [7, 11) is 0. The lowest BCUT2D eigenvalue weighted by atomic mass is 10.3. The van der Waals surface area contributed by atoms with Gasteiger partial charge >= 0.3 is 0 Å². The van der Waals surface area contributed by atoms with Crippen LogP contribution in [0.1, 0.15) is 24.8 Å². The Morgan fingerprint density at radius 3 is 2.93 bits per heavy atom. The molecule has 1 aliphatic carbocycles. The highest BCUT2D eigenvalue weighted by Gasteiger charge is 2.36. The second-order valence-electron chi connectivity index (χ2n) is 4.49. The summed E-state index contributed by atoms with van der Waals surface area (Å²) < 4.78 is 1.29. The molecule has 0 radical (unpaired) electrons. The third-order valence-electron chi connectivity index (χ3n) is 3.00. The quantitative estimate of drug-likeness (QED) is 0.856. The predicted molar refractivity (Wildman–Crippen MR) is 64.1 cm³/mol. The minimum atomic E-state index is 0.401. The van der Waals surface area contributed by atoms with E-state index in [0.717, 1.165) is 12.1 Å². The van der Waals surface area contributed by atoms with Crippen LogP contribution in [0.4, 0.5) is 0 Å². The number of aromatic nitrogens is 1. The number of thiazole rings is 1. The van der Waals surface area contributed by atoms with Gasteiger partial charge in [-0.1, -0.05) is 12.1 Å². The lowest BCUT2D eigenvalue weighted by molar-refractivity contribution is 0.537. The zero-order valence-electron chi connectivity index (χ0n) is 8.79. The Balaban J connectivity index is 1.79. The van der Waals surface area contributed by atoms with E-state index < -0.39 is 0 Å². The van der Waals surface area contributed by atoms with Crippen LogP contribution in [0.5, 0.6) is 0 Å². The molecule has 0 spiro atoms. The highest BCUT2D eigenvalue weighted by Crippen LogP contribution is 2.34. The minimum absolute atomic E-state index is 0.401. The van der Waals surface area contributed by atoms with Gasteiger partial charge in [0.15, 0.2) is 0 Å². The summed E-state index contributed by atoms with van der Waals surface area (Å²) in [5.41, 5.74) is 1.53. The molecule has 0 unspecified atom stereocenters. The Labute approximate surface area is 93.3 Å². The standard InChI is InChI=1S/C12H14N2S/c1-12(6-7-12)13-8-11-14-9-4-2-3-5-10(9)15-11/h2-5,13H,6-8H2,1H3. The molecule has 2 nitrogen and oxygen atoms in total. The zero-order valence-corrected chi connectivity index (χ0v) is 9.60. The topological polar surface area (TPSA) is 24.9 Å². The summed E-state index contributed by atoms with van der Waals surface area (Å²) in [6, 6.07) is 8.32. The van der Waals surface area contributed by atoms with Gasteiger partial charge in [0.1, 0.15) is 5.01 Å². The first-order valence-electron chi connectivity index (χ1n) is 5.35. The van der Waals surface area contributed by atoms with Crippen LogP contribution in [0.3, 0.4) is 0 Å². The summed E-state index contributed by atoms with van der Waals surface area (Å²) in [6.45, 7) is 3.19. The highest BCUT2D eigenvalue weighted by atomic mass is 32.1. The van der Waals surface area contributed by atoms with Crippen LogP contribution in [0.25, 0.3) is 10.2 Å². The molecule has 0 saturated heterocycles. The molecule has 1 aromatic carbocycles. The largest absolute Gasteiger partial charge is 0.305 e. The third kappa shape index (κ3) is 1.90. The predicted octanol–water partition coefficient (Wildman–Crippen LogP) is 2.94. The molecule has 0 atom stereocenters. The van der Waals surface area contributed by atoms with Crippen molar-refractivity contribution in [3.05, 3.63) is 29.3 Å². The van der Waals surface area contributed by atoms with Crippen molar-refractivity contribution in [1.29, 1.82) is 0 Å². The van der Waals surface area contributed by atoms with Crippen LogP contribution in [0.2, 0.25) is 0 Å². The van der Waals surface area contributed by atoms with E-state index in [1.54, 1.807) is 11.3 Å². The van der Waals surface area contributed by atoms with E-state index in [1.165, 1.54) is 22.5 Å². The van der Waals surface area contributed by atoms with Crippen LogP contribution >= 0.6 is 11.3 Å². The maximum atomic E-state index is 4.60. The molecular weight excluding hydrogens is 204 g/mol. The van der Waals surface area contributed by atoms with Crippen molar-refractivity contribution in [2.75, 3.05) is 0 Å². The van der Waals surface area contributed by atoms with Gasteiger partial charge in [-0.25, -0.2) is 4.98 Å². The molecule has 0 bridgehead atoms. The van der Waals surface area contributed by atoms with Crippen molar-refractivity contribution in [3.63, 3.8) is 0 Å². The van der Waals surface area contributed by atoms with Crippen LogP contribution < -0.4 is 5.32 Å². The van der Waals surface area contributed by atoms with Gasteiger partial charge < -0.3 is 5.32 Å². The second-order valence-corrected chi connectivity index (χ2v) is 5.60. The van der Waals surface area contributed by atoms with Gasteiger partial charge in [-0.2, -0.15) is 0 Å². The van der Waals surface area contributed by atoms with Gasteiger partial charge in [-0.15, -0.1) is 11.3 Å². The molecule has 2 aromatic rings. The second kappa shape index (κ2) is 3.29. The van der Waals surface area contributed by atoms with E-state index in [9.17, 15) is 0 Å². The lowest BCUT2D eigenvalue weighted by Gasteiger charge is -2.08. The fourth-order valence-electron chi connectivity index (χ4n) is 1.65. The molecule has 15 heavy (non-hydrogen) atoms. The Morgan fingerprint density at radius 2 is 2.20 bits per heavy atom. The van der Waals surface area contributed by atoms with E-state index in [4.69, 9.17) is 0 Å². The van der Waals surface area contributed by atoms with Crippen molar-refractivity contribution in [2.45, 2.75) is 31.8 Å². The summed E-state index contributed by atoms with van der Waals surface area (Å²) in [6.07, 6.45) is 2.61. The van der Waals surface area contributed by atoms with Crippen LogP contribution in [-0.4, -0.2) is 10.5 Å². The monoisotopic (exact) mass is 218 g/mol. The van der Waals surface area contributed by atoms with E-state index in [0.29, 0.717) is 5.54 Å². The molecule has 1 N–H and O–H groups in total. The first-order chi connectivity index (χ1) is 7.25. The lowest BCUT2D eigenvalue weighted by Crippen LogP contribution is -2.26. The third-order valence-corrected chi connectivity index (χ3v) is 4.04. The number of benzene rings is 1. The maximum absolute atomic E-state index is 4.60. The molecule has 3 rings (SSSR count). The first kappa shape index (κ1) is 9.31. The van der Waals surface area contributed by atoms with Gasteiger partial charge in [0, 0.05) is 12.1 Å². The Bertz CT molecular complexity index is 452. The normalized spacial score (nSPS) is 18.2. The molecule has 0 aliphatic heterocycles. The van der Waals surface area contributed by atoms with Gasteiger partial charge in [-0.05, 0) is 31.9 Å². The Kier molecular flexibility index (Phi) is 2.04. The van der Waals surface area contributed by atoms with E-state index in [1.807, 2.05) is 6.07 Å². The zero-order chi connectivity index (χ0) is 10.3. The molecule has 78 valence electrons. The number of fused-ring (bicyclic) bond motifs is 1. The average Bonchev–Trinajstić information content (AvgIpc) is 2.83. The first-order valence-corrected chi connectivity index (χ1v) is 6.16. The van der Waals surface area contributed by atoms with E-state index >= 15 is 0 Å². The molecular formula is C12H14N2S. The average molecular weight is 218 g/mol. The number of hydrogen-bond donors (Lipinski definition) is 1. The molecule has 0 amide bonds. The van der Waals surface area contributed by atoms with Gasteiger partial charge in [-0.3, -0.25) is 0 Å². The van der Waals surface area contributed by atoms with Gasteiger partial charge in [0.2, 0.25) is 0 Å². The van der Waals surface area contributed by atoms with Crippen molar-refractivity contribution >= 4 is 21.6 Å². The number of para-hydroxylation sites is 1. The number of hydrogen-bond acceptors (Lipinski definition) is 3. The van der Waals surface area contributed by atoms with E-state index in [-0.39, 0.29) is 0 Å². The summed E-state index contributed by atoms with van der Waals surface area (Å²) in [5, 5.41) is 4.76. The van der Waals surface area contributed by atoms with Crippen molar-refractivity contribution < 1.29 is 0 Å². The number of nitrogens with one attached hydrogen (secondary N) is 1. The summed E-state index contributed by atoms with van der Waals surface area (Å²) in [5.74, 6) is 0. The smallest absolute Gasteiger partial charge is 0.108 e. The fraction of sp³-hybridized carbons (Fsp3) is 0.417. The Morgan fingerprint density at radius 1 is 1.40 bits per heavy atom. The number of nitrogens with zero attached hydrogens (tertiary/aromatic N) is 1. The molecule has 1 aromatic heterocycles. The molecule has 1 heterocycles. The van der Waals surface area contributed by atoms with Crippen LogP contribution in [0, 0.1) is 0 Å². The summed E-state index contributed by atoms with van der Waals surface area (Å²) in [4.78, 5) is 4.60. The van der Waals surface area contributed by atoms with E-state index in [2.05, 4.69) is 35.4 Å². The van der Waals surface area contributed by atoms with Crippen molar-refractivity contribution in [1.82, 2.24) is 10.3 Å².